The molecule has 1 aromatic carbocycles. The Labute approximate surface area is 163 Å². The number of amides is 1. The lowest BCUT2D eigenvalue weighted by Crippen LogP contribution is -2.39. The van der Waals surface area contributed by atoms with E-state index in [1.54, 1.807) is 23.1 Å². The fraction of sp³-hybridized carbons (Fsp3) is 0.500. The fourth-order valence-corrected chi connectivity index (χ4v) is 4.36. The van der Waals surface area contributed by atoms with E-state index in [4.69, 9.17) is 0 Å². The number of nitro benzene ring substituents is 1. The highest BCUT2D eigenvalue weighted by Gasteiger charge is 2.31. The van der Waals surface area contributed by atoms with Crippen LogP contribution >= 0.6 is 0 Å². The molecule has 3 heterocycles. The molecule has 1 amide bonds. The summed E-state index contributed by atoms with van der Waals surface area (Å²) >= 11 is 0. The van der Waals surface area contributed by atoms with Crippen molar-refractivity contribution in [3.8, 4) is 0 Å². The summed E-state index contributed by atoms with van der Waals surface area (Å²) in [5.41, 5.74) is 2.33. The minimum atomic E-state index is -0.488. The first-order valence-corrected chi connectivity index (χ1v) is 9.90. The lowest BCUT2D eigenvalue weighted by atomic mass is 9.92. The monoisotopic (exact) mass is 383 g/mol. The molecule has 0 unspecified atom stereocenters. The predicted octanol–water partition coefficient (Wildman–Crippen LogP) is 2.93. The van der Waals surface area contributed by atoms with E-state index in [1.807, 2.05) is 6.20 Å². The number of aromatic amines is 1. The van der Waals surface area contributed by atoms with Crippen molar-refractivity contribution in [1.82, 2.24) is 20.0 Å². The number of nitrogens with zero attached hydrogens (tertiary/aromatic N) is 4. The molecule has 2 aliphatic heterocycles. The topological polar surface area (TPSA) is 95.4 Å². The summed E-state index contributed by atoms with van der Waals surface area (Å²) in [6.07, 6.45) is 6.25. The third-order valence-electron chi connectivity index (χ3n) is 5.79. The standard InChI is InChI=1S/C20H25N5O3/c26-20(17-7-1-2-8-18(17)25(27)28)24-11-5-6-15(14-24)19-16(12-21-22-19)13-23-9-3-4-10-23/h1-2,7-8,12,15H,3-6,9-11,13-14H2,(H,21,22)/t15-/m0/s1. The van der Waals surface area contributed by atoms with Gasteiger partial charge < -0.3 is 4.90 Å². The van der Waals surface area contributed by atoms with Crippen molar-refractivity contribution < 1.29 is 9.72 Å². The maximum atomic E-state index is 13.0. The van der Waals surface area contributed by atoms with Gasteiger partial charge in [0.2, 0.25) is 0 Å². The van der Waals surface area contributed by atoms with E-state index in [2.05, 4.69) is 15.1 Å². The average Bonchev–Trinajstić information content (AvgIpc) is 3.40. The fourth-order valence-electron chi connectivity index (χ4n) is 4.36. The van der Waals surface area contributed by atoms with Gasteiger partial charge in [-0.15, -0.1) is 0 Å². The minimum absolute atomic E-state index is 0.133. The van der Waals surface area contributed by atoms with E-state index >= 15 is 0 Å². The van der Waals surface area contributed by atoms with Crippen LogP contribution in [0, 0.1) is 10.1 Å². The van der Waals surface area contributed by atoms with Gasteiger partial charge in [0.15, 0.2) is 0 Å². The third kappa shape index (κ3) is 3.77. The second kappa shape index (κ2) is 8.10. The molecule has 2 fully saturated rings. The number of hydrogen-bond acceptors (Lipinski definition) is 5. The van der Waals surface area contributed by atoms with Crippen LogP contribution in [-0.2, 0) is 6.54 Å². The van der Waals surface area contributed by atoms with Gasteiger partial charge in [0.1, 0.15) is 5.56 Å². The number of nitrogens with one attached hydrogen (secondary N) is 1. The maximum absolute atomic E-state index is 13.0. The van der Waals surface area contributed by atoms with Crippen molar-refractivity contribution in [3.63, 3.8) is 0 Å². The molecule has 1 N–H and O–H groups in total. The molecule has 1 atom stereocenters. The number of likely N-dealkylation sites (tertiary alicyclic amines) is 2. The first-order valence-electron chi connectivity index (χ1n) is 9.90. The number of para-hydroxylation sites is 1. The Morgan fingerprint density at radius 1 is 1.21 bits per heavy atom. The largest absolute Gasteiger partial charge is 0.338 e. The molecule has 0 bridgehead atoms. The summed E-state index contributed by atoms with van der Waals surface area (Å²) in [7, 11) is 0. The average molecular weight is 383 g/mol. The van der Waals surface area contributed by atoms with Crippen LogP contribution in [-0.4, -0.2) is 57.0 Å². The number of benzene rings is 1. The van der Waals surface area contributed by atoms with E-state index in [-0.39, 0.29) is 23.1 Å². The molecule has 2 aliphatic rings. The normalized spacial score (nSPS) is 20.4. The first-order chi connectivity index (χ1) is 13.6. The van der Waals surface area contributed by atoms with Crippen molar-refractivity contribution in [2.45, 2.75) is 38.1 Å². The highest BCUT2D eigenvalue weighted by Crippen LogP contribution is 2.30. The quantitative estimate of drug-likeness (QED) is 0.633. The number of hydrogen-bond donors (Lipinski definition) is 1. The number of carbonyl (C=O) groups excluding carboxylic acids is 1. The van der Waals surface area contributed by atoms with Gasteiger partial charge in [0.25, 0.3) is 11.6 Å². The molecule has 4 rings (SSSR count). The lowest BCUT2D eigenvalue weighted by molar-refractivity contribution is -0.385. The van der Waals surface area contributed by atoms with E-state index in [9.17, 15) is 14.9 Å². The summed E-state index contributed by atoms with van der Waals surface area (Å²) in [4.78, 5) is 28.0. The Bertz CT molecular complexity index is 859. The van der Waals surface area contributed by atoms with Crippen LogP contribution in [0.15, 0.2) is 30.5 Å². The summed E-state index contributed by atoms with van der Waals surface area (Å²) < 4.78 is 0. The Balaban J connectivity index is 1.50. The summed E-state index contributed by atoms with van der Waals surface area (Å²) in [5, 5.41) is 18.7. The van der Waals surface area contributed by atoms with Gasteiger partial charge in [-0.2, -0.15) is 5.10 Å². The lowest BCUT2D eigenvalue weighted by Gasteiger charge is -2.33. The van der Waals surface area contributed by atoms with Crippen LogP contribution in [0.1, 0.15) is 53.2 Å². The molecule has 0 aliphatic carbocycles. The van der Waals surface area contributed by atoms with E-state index < -0.39 is 4.92 Å². The SMILES string of the molecule is O=C(c1ccccc1[N+](=O)[O-])N1CCC[C@H](c2[nH]ncc2CN2CCCC2)C1. The highest BCUT2D eigenvalue weighted by atomic mass is 16.6. The zero-order valence-corrected chi connectivity index (χ0v) is 15.8. The zero-order valence-electron chi connectivity index (χ0n) is 15.8. The van der Waals surface area contributed by atoms with Crippen LogP contribution in [0.25, 0.3) is 0 Å². The molecule has 0 radical (unpaired) electrons. The van der Waals surface area contributed by atoms with Gasteiger partial charge >= 0.3 is 0 Å². The van der Waals surface area contributed by atoms with E-state index in [1.165, 1.54) is 24.5 Å². The minimum Gasteiger partial charge on any atom is -0.338 e. The van der Waals surface area contributed by atoms with E-state index in [0.29, 0.717) is 13.1 Å². The number of aromatic nitrogens is 2. The Hall–Kier alpha value is -2.74. The molecule has 8 nitrogen and oxygen atoms in total. The number of piperidine rings is 1. The molecule has 2 saturated heterocycles. The second-order valence-corrected chi connectivity index (χ2v) is 7.66. The van der Waals surface area contributed by atoms with Crippen LogP contribution < -0.4 is 0 Å². The van der Waals surface area contributed by atoms with Crippen LogP contribution in [0.3, 0.4) is 0 Å². The number of rotatable bonds is 5. The molecule has 0 saturated carbocycles. The Kier molecular flexibility index (Phi) is 5.38. The van der Waals surface area contributed by atoms with Crippen molar-refractivity contribution in [3.05, 3.63) is 57.4 Å². The van der Waals surface area contributed by atoms with Crippen LogP contribution in [0.5, 0.6) is 0 Å². The van der Waals surface area contributed by atoms with E-state index in [0.717, 1.165) is 38.2 Å². The van der Waals surface area contributed by atoms with Crippen molar-refractivity contribution in [1.29, 1.82) is 0 Å². The highest BCUT2D eigenvalue weighted by molar-refractivity contribution is 5.98. The molecule has 148 valence electrons. The van der Waals surface area contributed by atoms with Crippen molar-refractivity contribution >= 4 is 11.6 Å². The van der Waals surface area contributed by atoms with Gasteiger partial charge in [-0.25, -0.2) is 0 Å². The van der Waals surface area contributed by atoms with Crippen molar-refractivity contribution in [2.24, 2.45) is 0 Å². The summed E-state index contributed by atoms with van der Waals surface area (Å²) in [6, 6.07) is 6.19. The zero-order chi connectivity index (χ0) is 19.5. The maximum Gasteiger partial charge on any atom is 0.282 e. The molecule has 8 heteroatoms. The number of H-pyrrole nitrogens is 1. The first kappa shape index (κ1) is 18.6. The smallest absolute Gasteiger partial charge is 0.282 e. The summed E-state index contributed by atoms with van der Waals surface area (Å²) in [5.74, 6) is -0.0850. The van der Waals surface area contributed by atoms with Crippen LogP contribution in [0.2, 0.25) is 0 Å². The summed E-state index contributed by atoms with van der Waals surface area (Å²) in [6.45, 7) is 4.31. The van der Waals surface area contributed by atoms with Crippen LogP contribution in [0.4, 0.5) is 5.69 Å². The molecule has 1 aromatic heterocycles. The number of nitro groups is 1. The van der Waals surface area contributed by atoms with Gasteiger partial charge in [0, 0.05) is 42.9 Å². The third-order valence-corrected chi connectivity index (χ3v) is 5.79. The molecule has 2 aromatic rings. The second-order valence-electron chi connectivity index (χ2n) is 7.66. The molecular formula is C20H25N5O3. The van der Waals surface area contributed by atoms with Gasteiger partial charge in [-0.1, -0.05) is 12.1 Å². The predicted molar refractivity (Wildman–Crippen MR) is 104 cm³/mol. The van der Waals surface area contributed by atoms with Gasteiger partial charge in [-0.3, -0.25) is 24.9 Å². The molecule has 0 spiro atoms. The van der Waals surface area contributed by atoms with Crippen molar-refractivity contribution in [2.75, 3.05) is 26.2 Å². The van der Waals surface area contributed by atoms with Gasteiger partial charge in [0.05, 0.1) is 11.1 Å². The Morgan fingerprint density at radius 2 is 2.00 bits per heavy atom. The van der Waals surface area contributed by atoms with Gasteiger partial charge in [-0.05, 0) is 44.8 Å². The molecular weight excluding hydrogens is 358 g/mol. The molecule has 28 heavy (non-hydrogen) atoms. The Morgan fingerprint density at radius 3 is 2.79 bits per heavy atom. The number of carbonyl (C=O) groups is 1.